The molecule has 9 heteroatoms. The molecule has 26 heavy (non-hydrogen) atoms. The molecule has 1 heterocycles. The van der Waals surface area contributed by atoms with E-state index in [2.05, 4.69) is 0 Å². The van der Waals surface area contributed by atoms with Crippen molar-refractivity contribution in [1.82, 2.24) is 8.61 Å². The molecule has 2 aromatic rings. The number of sulfonamides is 2. The van der Waals surface area contributed by atoms with Crippen LogP contribution < -0.4 is 0 Å². The Balaban J connectivity index is 1.68. The zero-order chi connectivity index (χ0) is 18.8. The maximum atomic E-state index is 12.7. The predicted molar refractivity (Wildman–Crippen MR) is 101 cm³/mol. The van der Waals surface area contributed by atoms with E-state index in [9.17, 15) is 16.8 Å². The fraction of sp³-hybridized carbons (Fsp3) is 0.294. The van der Waals surface area contributed by atoms with Gasteiger partial charge in [-0.25, -0.2) is 16.8 Å². The summed E-state index contributed by atoms with van der Waals surface area (Å²) >= 11 is 5.80. The molecule has 0 radical (unpaired) electrons. The van der Waals surface area contributed by atoms with Crippen molar-refractivity contribution in [2.24, 2.45) is 0 Å². The molecule has 1 aliphatic heterocycles. The van der Waals surface area contributed by atoms with Crippen LogP contribution in [0.2, 0.25) is 5.02 Å². The van der Waals surface area contributed by atoms with Crippen LogP contribution in [0, 0.1) is 0 Å². The highest BCUT2D eigenvalue weighted by Crippen LogP contribution is 2.21. The lowest BCUT2D eigenvalue weighted by Gasteiger charge is -2.33. The molecule has 0 aliphatic carbocycles. The van der Waals surface area contributed by atoms with Gasteiger partial charge >= 0.3 is 0 Å². The largest absolute Gasteiger partial charge is 0.243 e. The monoisotopic (exact) mass is 414 g/mol. The first-order valence-corrected chi connectivity index (χ1v) is 11.5. The number of benzene rings is 2. The van der Waals surface area contributed by atoms with Gasteiger partial charge in [0.25, 0.3) is 0 Å². The molecule has 2 aromatic carbocycles. The van der Waals surface area contributed by atoms with Crippen LogP contribution in [0.1, 0.15) is 5.56 Å². The topological polar surface area (TPSA) is 74.8 Å². The molecule has 0 spiro atoms. The first-order valence-electron chi connectivity index (χ1n) is 8.06. The molecular formula is C17H19ClN2O4S2. The predicted octanol–water partition coefficient (Wildman–Crippen LogP) is 2.18. The standard InChI is InChI=1S/C17H19ClN2O4S2/c18-16-6-8-17(9-7-16)26(23,24)20-12-10-19(11-13-20)25(21,22)14-15-4-2-1-3-5-15/h1-9H,10-14H2. The minimum absolute atomic E-state index is 0.0855. The normalized spacial score (nSPS) is 17.3. The van der Waals surface area contributed by atoms with E-state index < -0.39 is 20.0 Å². The lowest BCUT2D eigenvalue weighted by molar-refractivity contribution is 0.272. The molecule has 0 bridgehead atoms. The Labute approximate surface area is 159 Å². The highest BCUT2D eigenvalue weighted by Gasteiger charge is 2.32. The summed E-state index contributed by atoms with van der Waals surface area (Å²) in [7, 11) is -7.13. The van der Waals surface area contributed by atoms with E-state index in [1.807, 2.05) is 6.07 Å². The maximum Gasteiger partial charge on any atom is 0.243 e. The first kappa shape index (κ1) is 19.3. The van der Waals surface area contributed by atoms with Crippen LogP contribution in [0.3, 0.4) is 0 Å². The van der Waals surface area contributed by atoms with E-state index in [4.69, 9.17) is 11.6 Å². The Morgan fingerprint density at radius 1 is 0.769 bits per heavy atom. The Morgan fingerprint density at radius 2 is 1.31 bits per heavy atom. The van der Waals surface area contributed by atoms with Crippen LogP contribution in [0.5, 0.6) is 0 Å². The number of nitrogens with zero attached hydrogens (tertiary/aromatic N) is 2. The van der Waals surface area contributed by atoms with Crippen molar-refractivity contribution in [1.29, 1.82) is 0 Å². The van der Waals surface area contributed by atoms with Crippen LogP contribution in [0.25, 0.3) is 0 Å². The van der Waals surface area contributed by atoms with Gasteiger partial charge < -0.3 is 0 Å². The van der Waals surface area contributed by atoms with E-state index in [-0.39, 0.29) is 36.8 Å². The second kappa shape index (κ2) is 7.66. The van der Waals surface area contributed by atoms with E-state index in [1.54, 1.807) is 24.3 Å². The molecule has 1 aliphatic rings. The van der Waals surface area contributed by atoms with Gasteiger partial charge in [-0.2, -0.15) is 8.61 Å². The molecule has 0 aromatic heterocycles. The van der Waals surface area contributed by atoms with Crippen LogP contribution in [0.15, 0.2) is 59.5 Å². The molecule has 0 atom stereocenters. The Bertz CT molecular complexity index is 954. The Hall–Kier alpha value is -1.45. The van der Waals surface area contributed by atoms with E-state index >= 15 is 0 Å². The van der Waals surface area contributed by atoms with Gasteiger partial charge in [-0.1, -0.05) is 41.9 Å². The molecule has 0 amide bonds. The van der Waals surface area contributed by atoms with E-state index in [0.717, 1.165) is 0 Å². The van der Waals surface area contributed by atoms with Gasteiger partial charge in [0.1, 0.15) is 0 Å². The minimum atomic E-state index is -3.65. The Morgan fingerprint density at radius 3 is 1.88 bits per heavy atom. The molecule has 1 saturated heterocycles. The van der Waals surface area contributed by atoms with Gasteiger partial charge in [0.15, 0.2) is 0 Å². The summed E-state index contributed by atoms with van der Waals surface area (Å²) < 4.78 is 53.1. The van der Waals surface area contributed by atoms with Crippen molar-refractivity contribution in [2.45, 2.75) is 10.6 Å². The summed E-state index contributed by atoms with van der Waals surface area (Å²) in [5.74, 6) is -0.0855. The number of rotatable bonds is 5. The third-order valence-electron chi connectivity index (χ3n) is 4.23. The third-order valence-corrected chi connectivity index (χ3v) is 8.25. The number of hydrogen-bond donors (Lipinski definition) is 0. The average molecular weight is 415 g/mol. The number of hydrogen-bond acceptors (Lipinski definition) is 4. The van der Waals surface area contributed by atoms with Crippen LogP contribution in [-0.4, -0.2) is 51.6 Å². The van der Waals surface area contributed by atoms with Crippen molar-refractivity contribution >= 4 is 31.6 Å². The highest BCUT2D eigenvalue weighted by molar-refractivity contribution is 7.89. The fourth-order valence-electron chi connectivity index (χ4n) is 2.82. The lowest BCUT2D eigenvalue weighted by Crippen LogP contribution is -2.50. The smallest absolute Gasteiger partial charge is 0.212 e. The molecule has 1 fully saturated rings. The summed E-state index contributed by atoms with van der Waals surface area (Å²) in [6, 6.07) is 14.9. The lowest BCUT2D eigenvalue weighted by atomic mass is 10.2. The Kier molecular flexibility index (Phi) is 5.69. The quantitative estimate of drug-likeness (QED) is 0.751. The summed E-state index contributed by atoms with van der Waals surface area (Å²) in [5.41, 5.74) is 0.712. The van der Waals surface area contributed by atoms with Gasteiger partial charge in [-0.05, 0) is 29.8 Å². The van der Waals surface area contributed by atoms with Crippen LogP contribution in [0.4, 0.5) is 0 Å². The van der Waals surface area contributed by atoms with Gasteiger partial charge in [0.05, 0.1) is 10.6 Å². The molecule has 140 valence electrons. The van der Waals surface area contributed by atoms with Crippen molar-refractivity contribution < 1.29 is 16.8 Å². The van der Waals surface area contributed by atoms with Gasteiger partial charge in [-0.3, -0.25) is 0 Å². The average Bonchev–Trinajstić information content (AvgIpc) is 2.63. The molecule has 0 N–H and O–H groups in total. The zero-order valence-electron chi connectivity index (χ0n) is 14.0. The second-order valence-corrected chi connectivity index (χ2v) is 10.3. The van der Waals surface area contributed by atoms with Crippen molar-refractivity contribution in [2.75, 3.05) is 26.2 Å². The SMILES string of the molecule is O=S(=O)(Cc1ccccc1)N1CCN(S(=O)(=O)c2ccc(Cl)cc2)CC1. The summed E-state index contributed by atoms with van der Waals surface area (Å²) in [4.78, 5) is 0.155. The maximum absolute atomic E-state index is 12.7. The van der Waals surface area contributed by atoms with Gasteiger partial charge in [0, 0.05) is 31.2 Å². The van der Waals surface area contributed by atoms with Crippen molar-refractivity contribution in [3.05, 3.63) is 65.2 Å². The zero-order valence-corrected chi connectivity index (χ0v) is 16.3. The van der Waals surface area contributed by atoms with Gasteiger partial charge in [-0.15, -0.1) is 0 Å². The summed E-state index contributed by atoms with van der Waals surface area (Å²) in [6.07, 6.45) is 0. The van der Waals surface area contributed by atoms with Crippen LogP contribution >= 0.6 is 11.6 Å². The molecule has 3 rings (SSSR count). The van der Waals surface area contributed by atoms with Crippen molar-refractivity contribution in [3.63, 3.8) is 0 Å². The number of halogens is 1. The number of piperazine rings is 1. The minimum Gasteiger partial charge on any atom is -0.212 e. The van der Waals surface area contributed by atoms with Crippen LogP contribution in [-0.2, 0) is 25.8 Å². The summed E-state index contributed by atoms with van der Waals surface area (Å²) in [6.45, 7) is 0.530. The highest BCUT2D eigenvalue weighted by atomic mass is 35.5. The molecule has 0 saturated carbocycles. The molecular weight excluding hydrogens is 396 g/mol. The third kappa shape index (κ3) is 4.27. The molecule has 0 unspecified atom stereocenters. The summed E-state index contributed by atoms with van der Waals surface area (Å²) in [5, 5.41) is 0.459. The van der Waals surface area contributed by atoms with E-state index in [0.29, 0.717) is 10.6 Å². The second-order valence-electron chi connectivity index (χ2n) is 6.00. The molecule has 6 nitrogen and oxygen atoms in total. The first-order chi connectivity index (χ1) is 12.3. The van der Waals surface area contributed by atoms with Crippen molar-refractivity contribution in [3.8, 4) is 0 Å². The van der Waals surface area contributed by atoms with E-state index in [1.165, 1.54) is 32.9 Å². The fourth-order valence-corrected chi connectivity index (χ4v) is 5.88. The van der Waals surface area contributed by atoms with Gasteiger partial charge in [0.2, 0.25) is 20.0 Å².